The lowest BCUT2D eigenvalue weighted by Gasteiger charge is -2.11. The van der Waals surface area contributed by atoms with E-state index in [1.807, 2.05) is 25.1 Å². The van der Waals surface area contributed by atoms with Crippen molar-refractivity contribution in [3.63, 3.8) is 0 Å². The molecule has 0 aromatic heterocycles. The fourth-order valence-electron chi connectivity index (χ4n) is 2.55. The van der Waals surface area contributed by atoms with Gasteiger partial charge in [0.1, 0.15) is 0 Å². The Morgan fingerprint density at radius 2 is 2.00 bits per heavy atom. The largest absolute Gasteiger partial charge is 0.229 e. The highest BCUT2D eigenvalue weighted by Crippen LogP contribution is 2.21. The van der Waals surface area contributed by atoms with Crippen molar-refractivity contribution in [2.24, 2.45) is 5.92 Å². The van der Waals surface area contributed by atoms with Crippen molar-refractivity contribution in [3.8, 4) is 0 Å². The molecule has 0 amide bonds. The van der Waals surface area contributed by atoms with E-state index in [2.05, 4.69) is 4.72 Å². The van der Waals surface area contributed by atoms with Crippen LogP contribution >= 0.6 is 0 Å². The Balaban J connectivity index is 1.84. The summed E-state index contributed by atoms with van der Waals surface area (Å²) in [5, 5.41) is 0. The first-order valence-electron chi connectivity index (χ1n) is 7.00. The SMILES string of the molecule is Cc1ccccc1CS(=O)(=O)NCCC1CCS(=O)(=O)C1. The number of sulfone groups is 1. The van der Waals surface area contributed by atoms with Crippen LogP contribution in [0.4, 0.5) is 0 Å². The number of hydrogen-bond donors (Lipinski definition) is 1. The molecule has 21 heavy (non-hydrogen) atoms. The van der Waals surface area contributed by atoms with Gasteiger partial charge in [-0.2, -0.15) is 0 Å². The van der Waals surface area contributed by atoms with E-state index in [9.17, 15) is 16.8 Å². The average molecular weight is 331 g/mol. The summed E-state index contributed by atoms with van der Waals surface area (Å²) < 4.78 is 49.3. The molecule has 1 heterocycles. The van der Waals surface area contributed by atoms with Crippen LogP contribution in [-0.4, -0.2) is 34.9 Å². The van der Waals surface area contributed by atoms with Crippen molar-refractivity contribution in [1.29, 1.82) is 0 Å². The van der Waals surface area contributed by atoms with Crippen LogP contribution in [0.1, 0.15) is 24.0 Å². The molecule has 118 valence electrons. The molecule has 1 N–H and O–H groups in total. The Bertz CT molecular complexity index is 695. The minimum absolute atomic E-state index is 0.0390. The second kappa shape index (κ2) is 6.46. The van der Waals surface area contributed by atoms with Gasteiger partial charge in [-0.05, 0) is 36.8 Å². The molecule has 7 heteroatoms. The summed E-state index contributed by atoms with van der Waals surface area (Å²) in [6.07, 6.45) is 1.22. The minimum Gasteiger partial charge on any atom is -0.229 e. The highest BCUT2D eigenvalue weighted by molar-refractivity contribution is 7.91. The Labute approximate surface area is 126 Å². The lowest BCUT2D eigenvalue weighted by molar-refractivity contribution is 0.527. The standard InChI is InChI=1S/C14H21NO4S2/c1-12-4-2-3-5-14(12)11-21(18,19)15-8-6-13-7-9-20(16,17)10-13/h2-5,13,15H,6-11H2,1H3. The summed E-state index contributed by atoms with van der Waals surface area (Å²) in [5.74, 6) is 0.458. The van der Waals surface area contributed by atoms with Gasteiger partial charge < -0.3 is 0 Å². The third-order valence-corrected chi connectivity index (χ3v) is 6.98. The van der Waals surface area contributed by atoms with Gasteiger partial charge in [-0.25, -0.2) is 21.6 Å². The number of hydrogen-bond acceptors (Lipinski definition) is 4. The Morgan fingerprint density at radius 1 is 1.29 bits per heavy atom. The number of benzene rings is 1. The van der Waals surface area contributed by atoms with E-state index in [4.69, 9.17) is 0 Å². The van der Waals surface area contributed by atoms with Crippen LogP contribution in [0.3, 0.4) is 0 Å². The zero-order valence-corrected chi connectivity index (χ0v) is 13.7. The summed E-state index contributed by atoms with van der Waals surface area (Å²) in [4.78, 5) is 0. The molecule has 1 saturated heterocycles. The predicted octanol–water partition coefficient (Wildman–Crippen LogP) is 1.24. The maximum absolute atomic E-state index is 12.0. The van der Waals surface area contributed by atoms with E-state index >= 15 is 0 Å². The topological polar surface area (TPSA) is 80.3 Å². The van der Waals surface area contributed by atoms with Crippen molar-refractivity contribution in [2.75, 3.05) is 18.1 Å². The van der Waals surface area contributed by atoms with Crippen molar-refractivity contribution in [1.82, 2.24) is 4.72 Å². The number of nitrogens with one attached hydrogen (secondary N) is 1. The first kappa shape index (κ1) is 16.5. The highest BCUT2D eigenvalue weighted by Gasteiger charge is 2.27. The molecule has 0 radical (unpaired) electrons. The van der Waals surface area contributed by atoms with Gasteiger partial charge in [-0.1, -0.05) is 24.3 Å². The molecule has 0 saturated carbocycles. The molecule has 0 spiro atoms. The molecule has 1 atom stereocenters. The number of sulfonamides is 1. The third-order valence-electron chi connectivity index (χ3n) is 3.81. The van der Waals surface area contributed by atoms with Crippen molar-refractivity contribution >= 4 is 19.9 Å². The second-order valence-corrected chi connectivity index (χ2v) is 9.67. The molecule has 1 unspecified atom stereocenters. The van der Waals surface area contributed by atoms with E-state index in [0.717, 1.165) is 11.1 Å². The van der Waals surface area contributed by atoms with Gasteiger partial charge in [0.15, 0.2) is 9.84 Å². The van der Waals surface area contributed by atoms with Crippen molar-refractivity contribution in [3.05, 3.63) is 35.4 Å². The highest BCUT2D eigenvalue weighted by atomic mass is 32.2. The molecule has 0 bridgehead atoms. The molecule has 1 aromatic rings. The minimum atomic E-state index is -3.38. The number of aryl methyl sites for hydroxylation is 1. The Hall–Kier alpha value is -0.920. The molecule has 1 aliphatic rings. The van der Waals surface area contributed by atoms with Gasteiger partial charge in [0.05, 0.1) is 17.3 Å². The molecule has 1 aliphatic heterocycles. The molecular formula is C14H21NO4S2. The quantitative estimate of drug-likeness (QED) is 0.850. The van der Waals surface area contributed by atoms with E-state index in [0.29, 0.717) is 19.4 Å². The fraction of sp³-hybridized carbons (Fsp3) is 0.571. The van der Waals surface area contributed by atoms with E-state index in [1.54, 1.807) is 6.07 Å². The van der Waals surface area contributed by atoms with Crippen LogP contribution in [0, 0.1) is 12.8 Å². The molecular weight excluding hydrogens is 310 g/mol. The number of rotatable bonds is 6. The van der Waals surface area contributed by atoms with Gasteiger partial charge in [0, 0.05) is 6.54 Å². The molecule has 5 nitrogen and oxygen atoms in total. The normalized spacial score (nSPS) is 21.5. The zero-order chi connectivity index (χ0) is 15.5. The monoisotopic (exact) mass is 331 g/mol. The van der Waals surface area contributed by atoms with E-state index in [1.165, 1.54) is 0 Å². The van der Waals surface area contributed by atoms with Gasteiger partial charge in [0.2, 0.25) is 10.0 Å². The second-order valence-electron chi connectivity index (χ2n) is 5.64. The van der Waals surface area contributed by atoms with Gasteiger partial charge in [-0.15, -0.1) is 0 Å². The summed E-state index contributed by atoms with van der Waals surface area (Å²) in [6.45, 7) is 2.18. The van der Waals surface area contributed by atoms with Crippen LogP contribution in [-0.2, 0) is 25.6 Å². The zero-order valence-electron chi connectivity index (χ0n) is 12.1. The smallest absolute Gasteiger partial charge is 0.215 e. The molecule has 2 rings (SSSR count). The predicted molar refractivity (Wildman–Crippen MR) is 83.2 cm³/mol. The fourth-order valence-corrected chi connectivity index (χ4v) is 5.72. The lowest BCUT2D eigenvalue weighted by Crippen LogP contribution is -2.27. The van der Waals surface area contributed by atoms with Gasteiger partial charge >= 0.3 is 0 Å². The average Bonchev–Trinajstić information content (AvgIpc) is 2.71. The van der Waals surface area contributed by atoms with E-state index in [-0.39, 0.29) is 23.2 Å². The first-order chi connectivity index (χ1) is 9.77. The first-order valence-corrected chi connectivity index (χ1v) is 10.5. The maximum atomic E-state index is 12.0. The summed E-state index contributed by atoms with van der Waals surface area (Å²) >= 11 is 0. The summed E-state index contributed by atoms with van der Waals surface area (Å²) in [6, 6.07) is 7.38. The maximum Gasteiger partial charge on any atom is 0.215 e. The van der Waals surface area contributed by atoms with Crippen LogP contribution in [0.2, 0.25) is 0 Å². The Morgan fingerprint density at radius 3 is 2.62 bits per heavy atom. The molecule has 1 fully saturated rings. The lowest BCUT2D eigenvalue weighted by atomic mass is 10.1. The summed E-state index contributed by atoms with van der Waals surface area (Å²) in [5.41, 5.74) is 1.73. The van der Waals surface area contributed by atoms with Crippen LogP contribution < -0.4 is 4.72 Å². The van der Waals surface area contributed by atoms with Gasteiger partial charge in [0.25, 0.3) is 0 Å². The molecule has 0 aliphatic carbocycles. The Kier molecular flexibility index (Phi) is 5.06. The van der Waals surface area contributed by atoms with Crippen molar-refractivity contribution < 1.29 is 16.8 Å². The molecule has 1 aromatic carbocycles. The van der Waals surface area contributed by atoms with Crippen LogP contribution in [0.5, 0.6) is 0 Å². The van der Waals surface area contributed by atoms with Gasteiger partial charge in [-0.3, -0.25) is 0 Å². The van der Waals surface area contributed by atoms with Crippen LogP contribution in [0.25, 0.3) is 0 Å². The van der Waals surface area contributed by atoms with E-state index < -0.39 is 19.9 Å². The summed E-state index contributed by atoms with van der Waals surface area (Å²) in [7, 11) is -6.27. The third kappa shape index (κ3) is 5.09. The van der Waals surface area contributed by atoms with Crippen LogP contribution in [0.15, 0.2) is 24.3 Å². The van der Waals surface area contributed by atoms with Crippen molar-refractivity contribution in [2.45, 2.75) is 25.5 Å².